The second kappa shape index (κ2) is 12.3. The van der Waals surface area contributed by atoms with Gasteiger partial charge in [0, 0.05) is 12.0 Å². The number of amides is 2. The summed E-state index contributed by atoms with van der Waals surface area (Å²) in [6.07, 6.45) is 4.33. The second-order valence-corrected chi connectivity index (χ2v) is 7.20. The third-order valence-corrected chi connectivity index (χ3v) is 4.73. The number of anilines is 1. The zero-order chi connectivity index (χ0) is 22.6. The molecule has 0 aromatic heterocycles. The van der Waals surface area contributed by atoms with Crippen LogP contribution in [0.25, 0.3) is 0 Å². The summed E-state index contributed by atoms with van der Waals surface area (Å²) in [6, 6.07) is 13.7. The Morgan fingerprint density at radius 3 is 2.32 bits per heavy atom. The van der Waals surface area contributed by atoms with E-state index in [0.29, 0.717) is 5.56 Å². The highest BCUT2D eigenvalue weighted by Crippen LogP contribution is 2.14. The number of hydrogen-bond acceptors (Lipinski definition) is 5. The Balaban J connectivity index is 1.74. The molecule has 31 heavy (non-hydrogen) atoms. The zero-order valence-electron chi connectivity index (χ0n) is 17.7. The van der Waals surface area contributed by atoms with Crippen molar-refractivity contribution in [3.8, 4) is 0 Å². The first-order valence-electron chi connectivity index (χ1n) is 10.4. The Kier molecular flexibility index (Phi) is 9.42. The highest BCUT2D eigenvalue weighted by atomic mass is 16.5. The monoisotopic (exact) mass is 424 g/mol. The number of rotatable bonds is 12. The smallest absolute Gasteiger partial charge is 0.306 e. The molecule has 0 aliphatic heterocycles. The van der Waals surface area contributed by atoms with Crippen LogP contribution in [0.5, 0.6) is 0 Å². The van der Waals surface area contributed by atoms with E-state index in [-0.39, 0.29) is 29.9 Å². The van der Waals surface area contributed by atoms with Crippen LogP contribution in [0.4, 0.5) is 5.69 Å². The molecule has 0 aliphatic rings. The molecular weight excluding hydrogens is 396 g/mol. The summed E-state index contributed by atoms with van der Waals surface area (Å²) in [5, 5.41) is 2.48. The number of ketones is 1. The van der Waals surface area contributed by atoms with Crippen LogP contribution in [0, 0.1) is 0 Å². The van der Waals surface area contributed by atoms with Gasteiger partial charge in [-0.1, -0.05) is 56.2 Å². The van der Waals surface area contributed by atoms with E-state index in [9.17, 15) is 19.2 Å². The molecule has 0 saturated carbocycles. The van der Waals surface area contributed by atoms with Crippen molar-refractivity contribution in [1.29, 1.82) is 0 Å². The molecule has 7 heteroatoms. The summed E-state index contributed by atoms with van der Waals surface area (Å²) in [6.45, 7) is 1.63. The van der Waals surface area contributed by atoms with Gasteiger partial charge in [0.2, 0.25) is 0 Å². The molecule has 0 saturated heterocycles. The van der Waals surface area contributed by atoms with Crippen LogP contribution in [0.15, 0.2) is 48.5 Å². The van der Waals surface area contributed by atoms with Crippen molar-refractivity contribution in [2.75, 3.05) is 11.9 Å². The molecule has 0 bridgehead atoms. The lowest BCUT2D eigenvalue weighted by atomic mass is 10.0. The molecule has 0 heterocycles. The number of carbonyl (C=O) groups is 4. The first-order chi connectivity index (χ1) is 14.9. The molecule has 0 fully saturated rings. The topological polar surface area (TPSA) is 116 Å². The van der Waals surface area contributed by atoms with Gasteiger partial charge in [-0.3, -0.25) is 19.2 Å². The molecule has 164 valence electrons. The third kappa shape index (κ3) is 8.04. The maximum atomic E-state index is 12.3. The fourth-order valence-electron chi connectivity index (χ4n) is 3.01. The zero-order valence-corrected chi connectivity index (χ0v) is 17.7. The number of nitrogens with one attached hydrogen (secondary N) is 1. The number of hydrogen-bond donors (Lipinski definition) is 2. The largest absolute Gasteiger partial charge is 0.456 e. The number of aryl methyl sites for hydroxylation is 1. The summed E-state index contributed by atoms with van der Waals surface area (Å²) in [5.74, 6) is -2.09. The highest BCUT2D eigenvalue weighted by molar-refractivity contribution is 6.03. The van der Waals surface area contributed by atoms with Crippen molar-refractivity contribution in [1.82, 2.24) is 0 Å². The van der Waals surface area contributed by atoms with Gasteiger partial charge in [0.1, 0.15) is 0 Å². The number of benzene rings is 2. The summed E-state index contributed by atoms with van der Waals surface area (Å²) in [5.41, 5.74) is 7.39. The van der Waals surface area contributed by atoms with Crippen molar-refractivity contribution < 1.29 is 23.9 Å². The molecule has 2 amide bonds. The van der Waals surface area contributed by atoms with Crippen molar-refractivity contribution in [3.63, 3.8) is 0 Å². The van der Waals surface area contributed by atoms with E-state index in [2.05, 4.69) is 12.2 Å². The van der Waals surface area contributed by atoms with Gasteiger partial charge >= 0.3 is 5.97 Å². The van der Waals surface area contributed by atoms with Crippen molar-refractivity contribution in [3.05, 3.63) is 65.2 Å². The van der Waals surface area contributed by atoms with Gasteiger partial charge in [0.05, 0.1) is 17.7 Å². The molecule has 0 aliphatic carbocycles. The fourth-order valence-corrected chi connectivity index (χ4v) is 3.01. The van der Waals surface area contributed by atoms with Crippen LogP contribution in [-0.4, -0.2) is 30.2 Å². The van der Waals surface area contributed by atoms with E-state index in [1.165, 1.54) is 24.1 Å². The summed E-state index contributed by atoms with van der Waals surface area (Å²) in [7, 11) is 0. The molecule has 0 atom stereocenters. The van der Waals surface area contributed by atoms with E-state index in [0.717, 1.165) is 19.3 Å². The van der Waals surface area contributed by atoms with Crippen LogP contribution in [0.2, 0.25) is 0 Å². The van der Waals surface area contributed by atoms with Gasteiger partial charge < -0.3 is 15.8 Å². The lowest BCUT2D eigenvalue weighted by molar-refractivity contribution is -0.147. The molecule has 3 N–H and O–H groups in total. The molecule has 0 spiro atoms. The van der Waals surface area contributed by atoms with E-state index in [4.69, 9.17) is 10.5 Å². The van der Waals surface area contributed by atoms with Crippen LogP contribution < -0.4 is 11.1 Å². The van der Waals surface area contributed by atoms with Crippen molar-refractivity contribution >= 4 is 29.3 Å². The number of para-hydroxylation sites is 1. The second-order valence-electron chi connectivity index (χ2n) is 7.20. The number of esters is 1. The predicted octanol–water partition coefficient (Wildman–Crippen LogP) is 3.66. The summed E-state index contributed by atoms with van der Waals surface area (Å²) in [4.78, 5) is 47.5. The maximum Gasteiger partial charge on any atom is 0.306 e. The molecule has 0 unspecified atom stereocenters. The lowest BCUT2D eigenvalue weighted by Gasteiger charge is -2.09. The third-order valence-electron chi connectivity index (χ3n) is 4.73. The first kappa shape index (κ1) is 23.8. The highest BCUT2D eigenvalue weighted by Gasteiger charge is 2.14. The summed E-state index contributed by atoms with van der Waals surface area (Å²) >= 11 is 0. The minimum atomic E-state index is -0.680. The Hall–Kier alpha value is -3.48. The number of primary amides is 1. The molecule has 7 nitrogen and oxygen atoms in total. The maximum absolute atomic E-state index is 12.3. The Morgan fingerprint density at radius 1 is 0.935 bits per heavy atom. The number of Topliss-reactive ketones (excluding diaryl/α,β-unsaturated/α-hetero) is 1. The van der Waals surface area contributed by atoms with Crippen LogP contribution >= 0.6 is 0 Å². The Labute approximate surface area is 182 Å². The fraction of sp³-hybridized carbons (Fsp3) is 0.333. The van der Waals surface area contributed by atoms with E-state index >= 15 is 0 Å². The van der Waals surface area contributed by atoms with Gasteiger partial charge in [-0.2, -0.15) is 0 Å². The van der Waals surface area contributed by atoms with E-state index in [1.807, 2.05) is 12.1 Å². The van der Waals surface area contributed by atoms with Crippen LogP contribution in [0.3, 0.4) is 0 Å². The van der Waals surface area contributed by atoms with Gasteiger partial charge in [0.25, 0.3) is 11.8 Å². The van der Waals surface area contributed by atoms with Gasteiger partial charge in [-0.25, -0.2) is 0 Å². The number of unbranched alkanes of at least 4 members (excludes halogenated alkanes) is 2. The minimum absolute atomic E-state index is 0.000141. The minimum Gasteiger partial charge on any atom is -0.456 e. The molecule has 2 aromatic carbocycles. The van der Waals surface area contributed by atoms with E-state index in [1.54, 1.807) is 24.3 Å². The van der Waals surface area contributed by atoms with Crippen molar-refractivity contribution in [2.45, 2.75) is 45.4 Å². The van der Waals surface area contributed by atoms with Crippen molar-refractivity contribution in [2.24, 2.45) is 5.73 Å². The molecule has 2 aromatic rings. The van der Waals surface area contributed by atoms with Crippen LogP contribution in [0.1, 0.15) is 65.3 Å². The number of ether oxygens (including phenoxy) is 1. The predicted molar refractivity (Wildman–Crippen MR) is 118 cm³/mol. The number of nitrogens with two attached hydrogens (primary N) is 1. The Bertz CT molecular complexity index is 922. The number of carbonyl (C=O) groups excluding carboxylic acids is 4. The quantitative estimate of drug-likeness (QED) is 0.306. The van der Waals surface area contributed by atoms with Gasteiger partial charge in [-0.15, -0.1) is 0 Å². The van der Waals surface area contributed by atoms with Crippen LogP contribution in [-0.2, 0) is 20.7 Å². The molecular formula is C24H28N2O5. The molecule has 0 radical (unpaired) electrons. The van der Waals surface area contributed by atoms with E-state index < -0.39 is 24.4 Å². The average Bonchev–Trinajstić information content (AvgIpc) is 2.77. The summed E-state index contributed by atoms with van der Waals surface area (Å²) < 4.78 is 4.92. The first-order valence-corrected chi connectivity index (χ1v) is 10.4. The molecule has 2 rings (SSSR count). The Morgan fingerprint density at radius 2 is 1.65 bits per heavy atom. The standard InChI is InChI=1S/C24H28N2O5/c1-2-3-4-7-17-10-12-18(13-11-17)21(27)14-15-23(29)31-16-22(28)26-20-9-6-5-8-19(20)24(25)30/h5-6,8-13H,2-4,7,14-16H2,1H3,(H2,25,30)(H,26,28). The average molecular weight is 424 g/mol. The normalized spacial score (nSPS) is 10.4. The SMILES string of the molecule is CCCCCc1ccc(C(=O)CCC(=O)OCC(=O)Nc2ccccc2C(N)=O)cc1. The lowest BCUT2D eigenvalue weighted by Crippen LogP contribution is -2.23. The van der Waals surface area contributed by atoms with Gasteiger partial charge in [-0.05, 0) is 30.5 Å². The van der Waals surface area contributed by atoms with Gasteiger partial charge in [0.15, 0.2) is 12.4 Å².